The highest BCUT2D eigenvalue weighted by atomic mass is 79.9. The highest BCUT2D eigenvalue weighted by molar-refractivity contribution is 9.10. The molecule has 1 amide bonds. The second-order valence-electron chi connectivity index (χ2n) is 5.53. The summed E-state index contributed by atoms with van der Waals surface area (Å²) in [7, 11) is 0. The van der Waals surface area contributed by atoms with Gasteiger partial charge in [-0.1, -0.05) is 11.6 Å². The first kappa shape index (κ1) is 16.3. The molecule has 0 aromatic heterocycles. The van der Waals surface area contributed by atoms with E-state index in [4.69, 9.17) is 16.3 Å². The molecule has 0 spiro atoms. The van der Waals surface area contributed by atoms with Crippen LogP contribution in [0.3, 0.4) is 0 Å². The fraction of sp³-hybridized carbons (Fsp3) is 0.500. The van der Waals surface area contributed by atoms with Crippen molar-refractivity contribution in [1.29, 1.82) is 0 Å². The Labute approximate surface area is 127 Å². The molecule has 0 unspecified atom stereocenters. The third kappa shape index (κ3) is 4.69. The molecule has 0 saturated heterocycles. The van der Waals surface area contributed by atoms with Gasteiger partial charge in [-0.25, -0.2) is 0 Å². The van der Waals surface area contributed by atoms with Gasteiger partial charge in [-0.3, -0.25) is 4.79 Å². The van der Waals surface area contributed by atoms with Crippen LogP contribution < -0.4 is 10.1 Å². The lowest BCUT2D eigenvalue weighted by atomic mass is 10.1. The Kier molecular flexibility index (Phi) is 5.27. The zero-order chi connectivity index (χ0) is 14.8. The number of ether oxygens (including phenoxy) is 1. The van der Waals surface area contributed by atoms with E-state index in [1.807, 2.05) is 40.7 Å². The van der Waals surface area contributed by atoms with Gasteiger partial charge in [-0.2, -0.15) is 0 Å². The van der Waals surface area contributed by atoms with Crippen molar-refractivity contribution in [1.82, 2.24) is 5.32 Å². The molecule has 5 heteroatoms. The number of amides is 1. The largest absolute Gasteiger partial charge is 0.483 e. The molecule has 19 heavy (non-hydrogen) atoms. The summed E-state index contributed by atoms with van der Waals surface area (Å²) in [5.41, 5.74) is 1.57. The summed E-state index contributed by atoms with van der Waals surface area (Å²) in [4.78, 5) is 11.7. The molecule has 3 nitrogen and oxygen atoms in total. The minimum atomic E-state index is -0.260. The average Bonchev–Trinajstić information content (AvgIpc) is 2.27. The molecule has 0 aliphatic rings. The summed E-state index contributed by atoms with van der Waals surface area (Å²) in [6.45, 7) is 9.58. The van der Waals surface area contributed by atoms with Crippen molar-refractivity contribution < 1.29 is 9.53 Å². The number of carbonyl (C=O) groups is 1. The molecule has 0 radical (unpaired) electrons. The maximum Gasteiger partial charge on any atom is 0.258 e. The standard InChI is InChI=1S/C14H19BrClNO2/c1-8-6-10(12(15)9(2)13(8)16)19-7-11(18)17-14(3,4)5/h6H,7H2,1-5H3,(H,17,18). The van der Waals surface area contributed by atoms with Gasteiger partial charge in [0.25, 0.3) is 5.91 Å². The van der Waals surface area contributed by atoms with Gasteiger partial charge in [0.2, 0.25) is 0 Å². The van der Waals surface area contributed by atoms with E-state index in [0.29, 0.717) is 10.8 Å². The Morgan fingerprint density at radius 2 is 2.00 bits per heavy atom. The number of hydrogen-bond acceptors (Lipinski definition) is 2. The first-order chi connectivity index (χ1) is 8.61. The summed E-state index contributed by atoms with van der Waals surface area (Å²) >= 11 is 9.58. The molecule has 1 N–H and O–H groups in total. The Bertz CT molecular complexity index is 495. The number of aryl methyl sites for hydroxylation is 1. The summed E-state index contributed by atoms with van der Waals surface area (Å²) < 4.78 is 6.33. The summed E-state index contributed by atoms with van der Waals surface area (Å²) in [6, 6.07) is 1.82. The Morgan fingerprint density at radius 3 is 2.53 bits per heavy atom. The molecule has 1 aromatic carbocycles. The Morgan fingerprint density at radius 1 is 1.42 bits per heavy atom. The van der Waals surface area contributed by atoms with Crippen molar-refractivity contribution in [2.45, 2.75) is 40.2 Å². The van der Waals surface area contributed by atoms with Crippen molar-refractivity contribution in [3.05, 3.63) is 26.7 Å². The molecule has 1 rings (SSSR count). The van der Waals surface area contributed by atoms with E-state index in [9.17, 15) is 4.79 Å². The second kappa shape index (κ2) is 6.14. The molecule has 0 fully saturated rings. The molecular weight excluding hydrogens is 330 g/mol. The van der Waals surface area contributed by atoms with E-state index in [1.54, 1.807) is 0 Å². The average molecular weight is 349 g/mol. The maximum absolute atomic E-state index is 11.7. The normalized spacial score (nSPS) is 11.3. The minimum absolute atomic E-state index is 0.0175. The Balaban J connectivity index is 2.77. The van der Waals surface area contributed by atoms with Crippen LogP contribution >= 0.6 is 27.5 Å². The zero-order valence-corrected chi connectivity index (χ0v) is 14.2. The van der Waals surface area contributed by atoms with E-state index < -0.39 is 0 Å². The topological polar surface area (TPSA) is 38.3 Å². The predicted octanol–water partition coefficient (Wildman–Crippen LogP) is 4.01. The van der Waals surface area contributed by atoms with Gasteiger partial charge in [-0.15, -0.1) is 0 Å². The summed E-state index contributed by atoms with van der Waals surface area (Å²) in [6.07, 6.45) is 0. The maximum atomic E-state index is 11.7. The number of nitrogens with one attached hydrogen (secondary N) is 1. The molecule has 1 aromatic rings. The lowest BCUT2D eigenvalue weighted by Gasteiger charge is -2.21. The minimum Gasteiger partial charge on any atom is -0.483 e. The number of hydrogen-bond donors (Lipinski definition) is 1. The van der Waals surface area contributed by atoms with Crippen LogP contribution in [0.2, 0.25) is 5.02 Å². The SMILES string of the molecule is Cc1cc(OCC(=O)NC(C)(C)C)c(Br)c(C)c1Cl. The molecule has 0 aliphatic carbocycles. The number of halogens is 2. The number of rotatable bonds is 3. The smallest absolute Gasteiger partial charge is 0.258 e. The first-order valence-electron chi connectivity index (χ1n) is 6.01. The van der Waals surface area contributed by atoms with E-state index in [1.165, 1.54) is 0 Å². The van der Waals surface area contributed by atoms with Crippen LogP contribution in [0, 0.1) is 13.8 Å². The van der Waals surface area contributed by atoms with Crippen LogP contribution in [0.25, 0.3) is 0 Å². The predicted molar refractivity (Wildman–Crippen MR) is 82.0 cm³/mol. The number of benzene rings is 1. The Hall–Kier alpha value is -0.740. The van der Waals surface area contributed by atoms with Gasteiger partial charge in [0, 0.05) is 10.6 Å². The van der Waals surface area contributed by atoms with Crippen molar-refractivity contribution >= 4 is 33.4 Å². The van der Waals surface area contributed by atoms with Crippen molar-refractivity contribution in [2.24, 2.45) is 0 Å². The zero-order valence-electron chi connectivity index (χ0n) is 11.9. The van der Waals surface area contributed by atoms with E-state index in [2.05, 4.69) is 21.2 Å². The van der Waals surface area contributed by atoms with Crippen LogP contribution in [-0.4, -0.2) is 18.1 Å². The van der Waals surface area contributed by atoms with E-state index in [0.717, 1.165) is 15.6 Å². The third-order valence-electron chi connectivity index (χ3n) is 2.44. The lowest BCUT2D eigenvalue weighted by molar-refractivity contribution is -0.124. The molecular formula is C14H19BrClNO2. The van der Waals surface area contributed by atoms with Crippen molar-refractivity contribution in [3.8, 4) is 5.75 Å². The van der Waals surface area contributed by atoms with Crippen LogP contribution in [0.5, 0.6) is 5.75 Å². The van der Waals surface area contributed by atoms with Crippen molar-refractivity contribution in [2.75, 3.05) is 6.61 Å². The van der Waals surface area contributed by atoms with Gasteiger partial charge < -0.3 is 10.1 Å². The van der Waals surface area contributed by atoms with Gasteiger partial charge in [0.1, 0.15) is 5.75 Å². The van der Waals surface area contributed by atoms with Crippen LogP contribution in [0.15, 0.2) is 10.5 Å². The molecule has 0 bridgehead atoms. The summed E-state index contributed by atoms with van der Waals surface area (Å²) in [5, 5.41) is 3.55. The fourth-order valence-electron chi connectivity index (χ4n) is 1.60. The van der Waals surface area contributed by atoms with E-state index in [-0.39, 0.29) is 18.1 Å². The van der Waals surface area contributed by atoms with Gasteiger partial charge in [0.15, 0.2) is 6.61 Å². The molecule has 0 aliphatic heterocycles. The second-order valence-corrected chi connectivity index (χ2v) is 6.70. The van der Waals surface area contributed by atoms with Crippen LogP contribution in [0.1, 0.15) is 31.9 Å². The highest BCUT2D eigenvalue weighted by Crippen LogP contribution is 2.35. The van der Waals surface area contributed by atoms with Crippen molar-refractivity contribution in [3.63, 3.8) is 0 Å². The third-order valence-corrected chi connectivity index (χ3v) is 4.01. The highest BCUT2D eigenvalue weighted by Gasteiger charge is 2.16. The van der Waals surface area contributed by atoms with Crippen LogP contribution in [-0.2, 0) is 4.79 Å². The van der Waals surface area contributed by atoms with Gasteiger partial charge in [-0.05, 0) is 67.7 Å². The van der Waals surface area contributed by atoms with Gasteiger partial charge >= 0.3 is 0 Å². The monoisotopic (exact) mass is 347 g/mol. The van der Waals surface area contributed by atoms with E-state index >= 15 is 0 Å². The molecule has 0 saturated carbocycles. The molecule has 106 valence electrons. The van der Waals surface area contributed by atoms with Gasteiger partial charge in [0.05, 0.1) is 4.47 Å². The molecule has 0 atom stereocenters. The fourth-order valence-corrected chi connectivity index (χ4v) is 2.29. The lowest BCUT2D eigenvalue weighted by Crippen LogP contribution is -2.43. The molecule has 0 heterocycles. The van der Waals surface area contributed by atoms with Crippen LogP contribution in [0.4, 0.5) is 0 Å². The number of carbonyl (C=O) groups excluding carboxylic acids is 1. The first-order valence-corrected chi connectivity index (χ1v) is 7.18. The quantitative estimate of drug-likeness (QED) is 0.896. The summed E-state index contributed by atoms with van der Waals surface area (Å²) in [5.74, 6) is 0.480.